The number of hydrogen-bond acceptors (Lipinski definition) is 3. The Kier molecular flexibility index (Phi) is 10.1. The van der Waals surface area contributed by atoms with E-state index in [1.165, 1.54) is 11.1 Å². The van der Waals surface area contributed by atoms with Gasteiger partial charge >= 0.3 is 0 Å². The summed E-state index contributed by atoms with van der Waals surface area (Å²) in [5.74, 6) is 1.69. The summed E-state index contributed by atoms with van der Waals surface area (Å²) in [5.41, 5.74) is 2.43. The van der Waals surface area contributed by atoms with Gasteiger partial charge in [-0.3, -0.25) is 9.67 Å². The molecule has 0 aliphatic carbocycles. The van der Waals surface area contributed by atoms with Gasteiger partial charge in [0.25, 0.3) is 0 Å². The minimum atomic E-state index is 0. The van der Waals surface area contributed by atoms with Gasteiger partial charge in [-0.1, -0.05) is 42.5 Å². The summed E-state index contributed by atoms with van der Waals surface area (Å²) < 4.78 is 7.62. The van der Waals surface area contributed by atoms with Crippen LogP contribution < -0.4 is 15.4 Å². The van der Waals surface area contributed by atoms with Crippen LogP contribution in [0.1, 0.15) is 17.5 Å². The molecule has 2 N–H and O–H groups in total. The summed E-state index contributed by atoms with van der Waals surface area (Å²) in [7, 11) is 1.78. The van der Waals surface area contributed by atoms with Crippen LogP contribution in [0.25, 0.3) is 0 Å². The van der Waals surface area contributed by atoms with E-state index in [0.717, 1.165) is 31.2 Å². The zero-order valence-corrected chi connectivity index (χ0v) is 19.0. The SMILES string of the molecule is CN=C(NCCCOc1ccccc1)NCc1cccc(Cn2cccn2)c1.I. The molecule has 0 saturated heterocycles. The van der Waals surface area contributed by atoms with E-state index >= 15 is 0 Å². The molecule has 1 heterocycles. The highest BCUT2D eigenvalue weighted by Gasteiger charge is 2.01. The molecule has 1 aromatic heterocycles. The number of guanidine groups is 1. The van der Waals surface area contributed by atoms with Crippen molar-refractivity contribution in [2.45, 2.75) is 19.5 Å². The van der Waals surface area contributed by atoms with Gasteiger partial charge in [-0.2, -0.15) is 5.10 Å². The van der Waals surface area contributed by atoms with Crippen molar-refractivity contribution in [3.8, 4) is 5.75 Å². The Labute approximate surface area is 189 Å². The van der Waals surface area contributed by atoms with Crippen molar-refractivity contribution in [1.82, 2.24) is 20.4 Å². The Hall–Kier alpha value is -2.55. The normalized spacial score (nSPS) is 10.9. The quantitative estimate of drug-likeness (QED) is 0.202. The average Bonchev–Trinajstić information content (AvgIpc) is 3.24. The molecule has 0 unspecified atom stereocenters. The van der Waals surface area contributed by atoms with Crippen LogP contribution in [-0.2, 0) is 13.1 Å². The van der Waals surface area contributed by atoms with Crippen molar-refractivity contribution in [3.05, 3.63) is 84.2 Å². The maximum absolute atomic E-state index is 5.70. The number of para-hydroxylation sites is 1. The molecule has 0 radical (unpaired) electrons. The minimum Gasteiger partial charge on any atom is -0.494 e. The summed E-state index contributed by atoms with van der Waals surface area (Å²) in [6.45, 7) is 2.96. The van der Waals surface area contributed by atoms with E-state index in [9.17, 15) is 0 Å². The van der Waals surface area contributed by atoms with Crippen LogP contribution in [0.2, 0.25) is 0 Å². The molecule has 0 fully saturated rings. The molecular formula is C22H28IN5O. The Morgan fingerprint density at radius 1 is 1.03 bits per heavy atom. The molecule has 0 spiro atoms. The maximum Gasteiger partial charge on any atom is 0.191 e. The Morgan fingerprint density at radius 3 is 2.62 bits per heavy atom. The van der Waals surface area contributed by atoms with Crippen LogP contribution in [-0.4, -0.2) is 35.9 Å². The third kappa shape index (κ3) is 8.15. The molecule has 0 amide bonds. The van der Waals surface area contributed by atoms with Gasteiger partial charge in [-0.05, 0) is 35.7 Å². The number of halogens is 1. The topological polar surface area (TPSA) is 63.5 Å². The average molecular weight is 505 g/mol. The molecule has 154 valence electrons. The first-order valence-electron chi connectivity index (χ1n) is 9.51. The lowest BCUT2D eigenvalue weighted by Gasteiger charge is -2.13. The second-order valence-corrected chi connectivity index (χ2v) is 6.39. The molecule has 6 nitrogen and oxygen atoms in total. The number of hydrogen-bond donors (Lipinski definition) is 2. The van der Waals surface area contributed by atoms with Crippen molar-refractivity contribution in [1.29, 1.82) is 0 Å². The Balaban J connectivity index is 0.00000300. The van der Waals surface area contributed by atoms with Crippen LogP contribution in [0.3, 0.4) is 0 Å². The van der Waals surface area contributed by atoms with Gasteiger partial charge in [0.05, 0.1) is 13.2 Å². The first-order chi connectivity index (χ1) is 13.8. The molecule has 3 rings (SSSR count). The summed E-state index contributed by atoms with van der Waals surface area (Å²) in [5, 5.41) is 10.9. The van der Waals surface area contributed by atoms with E-state index in [0.29, 0.717) is 13.2 Å². The molecule has 0 aliphatic heterocycles. The number of ether oxygens (including phenoxy) is 1. The molecule has 0 bridgehead atoms. The summed E-state index contributed by atoms with van der Waals surface area (Å²) >= 11 is 0. The fourth-order valence-electron chi connectivity index (χ4n) is 2.81. The molecule has 2 aromatic carbocycles. The molecule has 7 heteroatoms. The third-order valence-corrected chi connectivity index (χ3v) is 4.20. The lowest BCUT2D eigenvalue weighted by Crippen LogP contribution is -2.37. The Bertz CT molecular complexity index is 853. The van der Waals surface area contributed by atoms with Crippen LogP contribution in [0, 0.1) is 0 Å². The molecule has 0 saturated carbocycles. The van der Waals surface area contributed by atoms with Crippen molar-refractivity contribution in [2.24, 2.45) is 4.99 Å². The lowest BCUT2D eigenvalue weighted by molar-refractivity contribution is 0.311. The van der Waals surface area contributed by atoms with E-state index in [1.54, 1.807) is 13.2 Å². The number of nitrogens with one attached hydrogen (secondary N) is 2. The molecular weight excluding hydrogens is 477 g/mol. The van der Waals surface area contributed by atoms with Gasteiger partial charge in [-0.25, -0.2) is 0 Å². The Morgan fingerprint density at radius 2 is 1.86 bits per heavy atom. The van der Waals surface area contributed by atoms with Crippen molar-refractivity contribution in [3.63, 3.8) is 0 Å². The monoisotopic (exact) mass is 505 g/mol. The number of benzene rings is 2. The first-order valence-corrected chi connectivity index (χ1v) is 9.51. The van der Waals surface area contributed by atoms with Crippen molar-refractivity contribution < 1.29 is 4.74 Å². The van der Waals surface area contributed by atoms with E-state index in [1.807, 2.05) is 47.3 Å². The number of nitrogens with zero attached hydrogens (tertiary/aromatic N) is 3. The van der Waals surface area contributed by atoms with E-state index in [2.05, 4.69) is 45.0 Å². The predicted octanol–water partition coefficient (Wildman–Crippen LogP) is 3.68. The van der Waals surface area contributed by atoms with Crippen LogP contribution in [0.4, 0.5) is 0 Å². The molecule has 29 heavy (non-hydrogen) atoms. The fraction of sp³-hybridized carbons (Fsp3) is 0.273. The molecule has 0 aliphatic rings. The number of aliphatic imine (C=N–C) groups is 1. The van der Waals surface area contributed by atoms with Crippen LogP contribution >= 0.6 is 24.0 Å². The smallest absolute Gasteiger partial charge is 0.191 e. The third-order valence-electron chi connectivity index (χ3n) is 4.20. The van der Waals surface area contributed by atoms with E-state index < -0.39 is 0 Å². The van der Waals surface area contributed by atoms with Gasteiger partial charge in [-0.15, -0.1) is 24.0 Å². The highest BCUT2D eigenvalue weighted by Crippen LogP contribution is 2.08. The predicted molar refractivity (Wildman–Crippen MR) is 128 cm³/mol. The van der Waals surface area contributed by atoms with Gasteiger partial charge in [0.2, 0.25) is 0 Å². The highest BCUT2D eigenvalue weighted by atomic mass is 127. The summed E-state index contributed by atoms with van der Waals surface area (Å²) in [4.78, 5) is 4.28. The van der Waals surface area contributed by atoms with Crippen LogP contribution in [0.5, 0.6) is 5.75 Å². The van der Waals surface area contributed by atoms with Gasteiger partial charge < -0.3 is 15.4 Å². The lowest BCUT2D eigenvalue weighted by atomic mass is 10.1. The standard InChI is InChI=1S/C22H27N5O.HI/c1-23-22(24-12-7-15-28-21-10-3-2-4-11-21)25-17-19-8-5-9-20(16-19)18-27-14-6-13-26-27;/h2-6,8-11,13-14,16H,7,12,15,17-18H2,1H3,(H2,23,24,25);1H. The highest BCUT2D eigenvalue weighted by molar-refractivity contribution is 14.0. The summed E-state index contributed by atoms with van der Waals surface area (Å²) in [6.07, 6.45) is 4.67. The van der Waals surface area contributed by atoms with Crippen molar-refractivity contribution >= 4 is 29.9 Å². The zero-order chi connectivity index (χ0) is 19.4. The minimum absolute atomic E-state index is 0. The largest absolute Gasteiger partial charge is 0.494 e. The van der Waals surface area contributed by atoms with Crippen molar-refractivity contribution in [2.75, 3.05) is 20.2 Å². The van der Waals surface area contributed by atoms with E-state index in [-0.39, 0.29) is 24.0 Å². The van der Waals surface area contributed by atoms with E-state index in [4.69, 9.17) is 4.74 Å². The van der Waals surface area contributed by atoms with Gasteiger partial charge in [0, 0.05) is 32.5 Å². The maximum atomic E-state index is 5.70. The number of aromatic nitrogens is 2. The first kappa shape index (κ1) is 22.7. The summed E-state index contributed by atoms with van der Waals surface area (Å²) in [6, 6.07) is 20.3. The molecule has 3 aromatic rings. The second kappa shape index (κ2) is 12.8. The second-order valence-electron chi connectivity index (χ2n) is 6.39. The van der Waals surface area contributed by atoms with Gasteiger partial charge in [0.15, 0.2) is 5.96 Å². The molecule has 0 atom stereocenters. The van der Waals surface area contributed by atoms with Crippen LogP contribution in [0.15, 0.2) is 78.0 Å². The fourth-order valence-corrected chi connectivity index (χ4v) is 2.81. The van der Waals surface area contributed by atoms with Gasteiger partial charge in [0.1, 0.15) is 5.75 Å². The number of rotatable bonds is 9. The zero-order valence-electron chi connectivity index (χ0n) is 16.6.